The molecule has 1 saturated heterocycles. The van der Waals surface area contributed by atoms with Crippen molar-refractivity contribution >= 4 is 5.69 Å². The number of para-hydroxylation sites is 1. The standard InChI is InChI=1S/C14H21FN2/c1-14(2)8-7-11(9-16)10-17(14)13-6-4-3-5-12(13)15/h3-6,11H,7-10,16H2,1-2H3. The third-order valence-electron chi connectivity index (χ3n) is 3.81. The van der Waals surface area contributed by atoms with E-state index in [1.54, 1.807) is 6.07 Å². The first-order valence-corrected chi connectivity index (χ1v) is 6.27. The summed E-state index contributed by atoms with van der Waals surface area (Å²) in [6.07, 6.45) is 2.19. The largest absolute Gasteiger partial charge is 0.364 e. The number of anilines is 1. The van der Waals surface area contributed by atoms with Crippen LogP contribution in [0.1, 0.15) is 26.7 Å². The van der Waals surface area contributed by atoms with E-state index >= 15 is 0 Å². The highest BCUT2D eigenvalue weighted by Gasteiger charge is 2.34. The molecule has 0 aliphatic carbocycles. The number of nitrogens with two attached hydrogens (primary N) is 1. The molecule has 0 amide bonds. The summed E-state index contributed by atoms with van der Waals surface area (Å²) in [5.41, 5.74) is 6.46. The second-order valence-corrected chi connectivity index (χ2v) is 5.51. The van der Waals surface area contributed by atoms with Crippen molar-refractivity contribution in [2.45, 2.75) is 32.2 Å². The van der Waals surface area contributed by atoms with Gasteiger partial charge in [0.2, 0.25) is 0 Å². The van der Waals surface area contributed by atoms with E-state index < -0.39 is 0 Å². The van der Waals surface area contributed by atoms with Crippen molar-refractivity contribution in [1.82, 2.24) is 0 Å². The van der Waals surface area contributed by atoms with Gasteiger partial charge in [0.1, 0.15) is 5.82 Å². The van der Waals surface area contributed by atoms with Crippen LogP contribution in [0.15, 0.2) is 24.3 Å². The molecule has 1 heterocycles. The van der Waals surface area contributed by atoms with Crippen LogP contribution in [0.3, 0.4) is 0 Å². The van der Waals surface area contributed by atoms with Gasteiger partial charge in [-0.2, -0.15) is 0 Å². The third kappa shape index (κ3) is 2.44. The molecule has 1 aliphatic rings. The summed E-state index contributed by atoms with van der Waals surface area (Å²) < 4.78 is 13.9. The number of hydrogen-bond acceptors (Lipinski definition) is 2. The molecule has 0 radical (unpaired) electrons. The van der Waals surface area contributed by atoms with Gasteiger partial charge < -0.3 is 10.6 Å². The molecule has 1 fully saturated rings. The van der Waals surface area contributed by atoms with Crippen LogP contribution in [0.2, 0.25) is 0 Å². The zero-order chi connectivity index (χ0) is 12.5. The number of nitrogens with zero attached hydrogens (tertiary/aromatic N) is 1. The zero-order valence-corrected chi connectivity index (χ0v) is 10.6. The van der Waals surface area contributed by atoms with E-state index in [1.807, 2.05) is 12.1 Å². The van der Waals surface area contributed by atoms with Crippen molar-refractivity contribution in [2.24, 2.45) is 11.7 Å². The van der Waals surface area contributed by atoms with Gasteiger partial charge in [-0.05, 0) is 51.3 Å². The maximum atomic E-state index is 13.9. The average Bonchev–Trinajstić information content (AvgIpc) is 2.30. The second-order valence-electron chi connectivity index (χ2n) is 5.51. The van der Waals surface area contributed by atoms with Gasteiger partial charge in [-0.25, -0.2) is 4.39 Å². The number of benzene rings is 1. The summed E-state index contributed by atoms with van der Waals surface area (Å²) in [7, 11) is 0. The summed E-state index contributed by atoms with van der Waals surface area (Å²) >= 11 is 0. The fraction of sp³-hybridized carbons (Fsp3) is 0.571. The Bertz CT molecular complexity index is 390. The molecule has 94 valence electrons. The van der Waals surface area contributed by atoms with Crippen molar-refractivity contribution in [3.05, 3.63) is 30.1 Å². The molecule has 0 aromatic heterocycles. The van der Waals surface area contributed by atoms with Crippen molar-refractivity contribution in [1.29, 1.82) is 0 Å². The van der Waals surface area contributed by atoms with Crippen molar-refractivity contribution in [3.63, 3.8) is 0 Å². The van der Waals surface area contributed by atoms with E-state index in [1.165, 1.54) is 6.07 Å². The Morgan fingerprint density at radius 2 is 2.12 bits per heavy atom. The van der Waals surface area contributed by atoms with E-state index in [-0.39, 0.29) is 11.4 Å². The van der Waals surface area contributed by atoms with Crippen molar-refractivity contribution in [3.8, 4) is 0 Å². The summed E-state index contributed by atoms with van der Waals surface area (Å²) in [4.78, 5) is 2.17. The molecular formula is C14H21FN2. The number of rotatable bonds is 2. The predicted molar refractivity (Wildman–Crippen MR) is 69.6 cm³/mol. The minimum absolute atomic E-state index is 0.00780. The Labute approximate surface area is 103 Å². The fourth-order valence-corrected chi connectivity index (χ4v) is 2.58. The van der Waals surface area contributed by atoms with Gasteiger partial charge in [0, 0.05) is 12.1 Å². The van der Waals surface area contributed by atoms with Gasteiger partial charge in [-0.1, -0.05) is 12.1 Å². The quantitative estimate of drug-likeness (QED) is 0.855. The van der Waals surface area contributed by atoms with Crippen LogP contribution in [0.25, 0.3) is 0 Å². The molecule has 0 spiro atoms. The maximum absolute atomic E-state index is 13.9. The van der Waals surface area contributed by atoms with Crippen LogP contribution in [0, 0.1) is 11.7 Å². The first kappa shape index (κ1) is 12.4. The highest BCUT2D eigenvalue weighted by Crippen LogP contribution is 2.35. The van der Waals surface area contributed by atoms with Crippen LogP contribution in [-0.2, 0) is 0 Å². The molecule has 1 atom stereocenters. The van der Waals surface area contributed by atoms with Crippen LogP contribution < -0.4 is 10.6 Å². The first-order chi connectivity index (χ1) is 8.04. The molecule has 2 N–H and O–H groups in total. The normalized spacial score (nSPS) is 23.8. The molecule has 3 heteroatoms. The summed E-state index contributed by atoms with van der Waals surface area (Å²) in [5.74, 6) is 0.334. The minimum atomic E-state index is -0.141. The van der Waals surface area contributed by atoms with E-state index in [2.05, 4.69) is 18.7 Å². The Hall–Kier alpha value is -1.09. The minimum Gasteiger partial charge on any atom is -0.364 e. The lowest BCUT2D eigenvalue weighted by atomic mass is 9.84. The molecule has 2 nitrogen and oxygen atoms in total. The van der Waals surface area contributed by atoms with Gasteiger partial charge in [-0.15, -0.1) is 0 Å². The van der Waals surface area contributed by atoms with Gasteiger partial charge in [0.25, 0.3) is 0 Å². The van der Waals surface area contributed by atoms with Crippen LogP contribution in [-0.4, -0.2) is 18.6 Å². The summed E-state index contributed by atoms with van der Waals surface area (Å²) in [6.45, 7) is 5.88. The van der Waals surface area contributed by atoms with Crippen LogP contribution in [0.4, 0.5) is 10.1 Å². The summed E-state index contributed by atoms with van der Waals surface area (Å²) in [6, 6.07) is 7.00. The van der Waals surface area contributed by atoms with Crippen molar-refractivity contribution < 1.29 is 4.39 Å². The zero-order valence-electron chi connectivity index (χ0n) is 10.6. The van der Waals surface area contributed by atoms with E-state index in [0.717, 1.165) is 19.4 Å². The lowest BCUT2D eigenvalue weighted by Crippen LogP contribution is -2.52. The molecule has 0 saturated carbocycles. The Kier molecular flexibility index (Phi) is 3.38. The molecule has 0 bridgehead atoms. The molecular weight excluding hydrogens is 215 g/mol. The van der Waals surface area contributed by atoms with Crippen LogP contribution >= 0.6 is 0 Å². The van der Waals surface area contributed by atoms with Gasteiger partial charge in [-0.3, -0.25) is 0 Å². The van der Waals surface area contributed by atoms with Gasteiger partial charge in [0.05, 0.1) is 5.69 Å². The Morgan fingerprint density at radius 1 is 1.41 bits per heavy atom. The van der Waals surface area contributed by atoms with Crippen molar-refractivity contribution in [2.75, 3.05) is 18.0 Å². The topological polar surface area (TPSA) is 29.3 Å². The Morgan fingerprint density at radius 3 is 2.76 bits per heavy atom. The monoisotopic (exact) mass is 236 g/mol. The highest BCUT2D eigenvalue weighted by atomic mass is 19.1. The lowest BCUT2D eigenvalue weighted by Gasteiger charge is -2.47. The molecule has 2 rings (SSSR count). The number of piperidine rings is 1. The van der Waals surface area contributed by atoms with E-state index in [0.29, 0.717) is 18.2 Å². The molecule has 1 aromatic rings. The molecule has 17 heavy (non-hydrogen) atoms. The van der Waals surface area contributed by atoms with Gasteiger partial charge in [0.15, 0.2) is 0 Å². The van der Waals surface area contributed by atoms with E-state index in [4.69, 9.17) is 5.73 Å². The van der Waals surface area contributed by atoms with E-state index in [9.17, 15) is 4.39 Å². The third-order valence-corrected chi connectivity index (χ3v) is 3.81. The summed E-state index contributed by atoms with van der Waals surface area (Å²) in [5, 5.41) is 0. The maximum Gasteiger partial charge on any atom is 0.146 e. The van der Waals surface area contributed by atoms with Gasteiger partial charge >= 0.3 is 0 Å². The molecule has 1 aromatic carbocycles. The molecule has 1 unspecified atom stereocenters. The fourth-order valence-electron chi connectivity index (χ4n) is 2.58. The molecule has 1 aliphatic heterocycles. The first-order valence-electron chi connectivity index (χ1n) is 6.27. The van der Waals surface area contributed by atoms with Crippen LogP contribution in [0.5, 0.6) is 0 Å². The number of halogens is 1. The Balaban J connectivity index is 2.30. The smallest absolute Gasteiger partial charge is 0.146 e. The SMILES string of the molecule is CC1(C)CCC(CN)CN1c1ccccc1F. The highest BCUT2D eigenvalue weighted by molar-refractivity contribution is 5.50. The number of hydrogen-bond donors (Lipinski definition) is 1. The predicted octanol–water partition coefficient (Wildman–Crippen LogP) is 2.78. The average molecular weight is 236 g/mol. The second kappa shape index (κ2) is 4.65. The lowest BCUT2D eigenvalue weighted by molar-refractivity contribution is 0.292.